The first-order valence-electron chi connectivity index (χ1n) is 14.9. The highest BCUT2D eigenvalue weighted by atomic mass is 16.5. The maximum Gasteiger partial charge on any atom is 0.157 e. The van der Waals surface area contributed by atoms with Gasteiger partial charge in [0.1, 0.15) is 5.75 Å². The first-order chi connectivity index (χ1) is 18.2. The van der Waals surface area contributed by atoms with E-state index in [1.54, 1.807) is 7.11 Å². The number of rotatable bonds is 7. The van der Waals surface area contributed by atoms with E-state index in [1.165, 1.54) is 25.7 Å². The fourth-order valence-corrected chi connectivity index (χ4v) is 10.1. The predicted octanol–water partition coefficient (Wildman–Crippen LogP) is 6.04. The number of methoxy groups -OCH3 is 2. The molecule has 0 radical (unpaired) electrons. The summed E-state index contributed by atoms with van der Waals surface area (Å²) < 4.78 is 12.8. The Morgan fingerprint density at radius 3 is 2.71 bits per heavy atom. The van der Waals surface area contributed by atoms with E-state index in [0.29, 0.717) is 41.4 Å². The third kappa shape index (κ3) is 4.21. The van der Waals surface area contributed by atoms with E-state index in [1.807, 2.05) is 43.1 Å². The van der Waals surface area contributed by atoms with E-state index in [-0.39, 0.29) is 11.3 Å². The van der Waals surface area contributed by atoms with Crippen molar-refractivity contribution in [2.75, 3.05) is 20.8 Å². The molecular weight excluding hydrogens is 476 g/mol. The van der Waals surface area contributed by atoms with Gasteiger partial charge in [0.2, 0.25) is 0 Å². The Hall–Kier alpha value is -1.92. The van der Waals surface area contributed by atoms with Gasteiger partial charge in [-0.2, -0.15) is 5.10 Å². The monoisotopic (exact) mass is 522 g/mol. The van der Waals surface area contributed by atoms with Gasteiger partial charge in [-0.25, -0.2) is 0 Å². The van der Waals surface area contributed by atoms with Crippen molar-refractivity contribution in [3.8, 4) is 5.75 Å². The number of benzene rings is 1. The van der Waals surface area contributed by atoms with Crippen molar-refractivity contribution >= 4 is 16.7 Å². The molecule has 0 spiro atoms. The summed E-state index contributed by atoms with van der Waals surface area (Å²) in [5.74, 6) is 3.90. The normalized spacial score (nSPS) is 40.4. The van der Waals surface area contributed by atoms with E-state index in [2.05, 4.69) is 6.92 Å². The number of aliphatic hydroxyl groups is 1. The molecule has 0 saturated heterocycles. The molecule has 1 N–H and O–H groups in total. The van der Waals surface area contributed by atoms with Gasteiger partial charge in [0, 0.05) is 31.2 Å². The van der Waals surface area contributed by atoms with Crippen molar-refractivity contribution in [3.63, 3.8) is 0 Å². The summed E-state index contributed by atoms with van der Waals surface area (Å²) in [4.78, 5) is 13.8. The van der Waals surface area contributed by atoms with Gasteiger partial charge in [0.25, 0.3) is 0 Å². The lowest BCUT2D eigenvalue weighted by Crippen LogP contribution is -2.57. The molecule has 6 heteroatoms. The van der Waals surface area contributed by atoms with Crippen LogP contribution in [0.3, 0.4) is 0 Å². The van der Waals surface area contributed by atoms with E-state index in [0.717, 1.165) is 61.8 Å². The largest absolute Gasteiger partial charge is 0.497 e. The first kappa shape index (κ1) is 26.3. The van der Waals surface area contributed by atoms with Crippen LogP contribution in [0.15, 0.2) is 24.4 Å². The number of fused-ring (bicyclic) bond motifs is 6. The molecule has 1 aromatic carbocycles. The van der Waals surface area contributed by atoms with Gasteiger partial charge in [0.15, 0.2) is 5.78 Å². The molecule has 4 saturated carbocycles. The molecule has 0 unspecified atom stereocenters. The van der Waals surface area contributed by atoms with Crippen LogP contribution in [0.5, 0.6) is 5.75 Å². The molecule has 0 amide bonds. The third-order valence-corrected chi connectivity index (χ3v) is 11.9. The molecule has 208 valence electrons. The first-order valence-corrected chi connectivity index (χ1v) is 14.9. The van der Waals surface area contributed by atoms with E-state index in [4.69, 9.17) is 14.6 Å². The molecule has 2 aromatic rings. The van der Waals surface area contributed by atoms with Gasteiger partial charge in [0.05, 0.1) is 24.8 Å². The summed E-state index contributed by atoms with van der Waals surface area (Å²) >= 11 is 0. The Labute approximate surface area is 227 Å². The van der Waals surface area contributed by atoms with Gasteiger partial charge >= 0.3 is 0 Å². The van der Waals surface area contributed by atoms with Crippen molar-refractivity contribution in [2.45, 2.75) is 90.2 Å². The lowest BCUT2D eigenvalue weighted by molar-refractivity contribution is -0.163. The van der Waals surface area contributed by atoms with Gasteiger partial charge in [-0.1, -0.05) is 6.92 Å². The number of ether oxygens (including phenoxy) is 2. The van der Waals surface area contributed by atoms with Crippen LogP contribution in [0.1, 0.15) is 78.1 Å². The Bertz CT molecular complexity index is 1190. The lowest BCUT2D eigenvalue weighted by atomic mass is 9.42. The van der Waals surface area contributed by atoms with Crippen LogP contribution in [0.2, 0.25) is 0 Å². The number of carbonyl (C=O) groups excluding carboxylic acids is 1. The fourth-order valence-electron chi connectivity index (χ4n) is 10.1. The molecular formula is C32H46N2O4. The van der Waals surface area contributed by atoms with Crippen LogP contribution in [0.4, 0.5) is 0 Å². The maximum absolute atomic E-state index is 13.8. The Kier molecular flexibility index (Phi) is 6.66. The van der Waals surface area contributed by atoms with Crippen molar-refractivity contribution in [2.24, 2.45) is 40.4 Å². The molecule has 38 heavy (non-hydrogen) atoms. The van der Waals surface area contributed by atoms with Crippen molar-refractivity contribution in [1.82, 2.24) is 9.78 Å². The van der Waals surface area contributed by atoms with Crippen molar-refractivity contribution in [1.29, 1.82) is 0 Å². The summed E-state index contributed by atoms with van der Waals surface area (Å²) in [6.45, 7) is 5.65. The zero-order valence-corrected chi connectivity index (χ0v) is 23.7. The highest BCUT2D eigenvalue weighted by Gasteiger charge is 2.62. The molecule has 6 nitrogen and oxygen atoms in total. The van der Waals surface area contributed by atoms with Gasteiger partial charge < -0.3 is 14.6 Å². The van der Waals surface area contributed by atoms with E-state index < -0.39 is 5.60 Å². The number of hydrogen-bond acceptors (Lipinski definition) is 5. The molecule has 6 rings (SSSR count). The average molecular weight is 523 g/mol. The zero-order chi connectivity index (χ0) is 26.7. The molecule has 1 heterocycles. The average Bonchev–Trinajstić information content (AvgIpc) is 3.46. The third-order valence-electron chi connectivity index (χ3n) is 11.9. The topological polar surface area (TPSA) is 73.6 Å². The summed E-state index contributed by atoms with van der Waals surface area (Å²) in [5, 5.41) is 16.7. The number of nitrogens with zero attached hydrogens (tertiary/aromatic N) is 2. The van der Waals surface area contributed by atoms with Gasteiger partial charge in [-0.3, -0.25) is 9.48 Å². The number of carbonyl (C=O) groups is 1. The number of aromatic nitrogens is 2. The highest BCUT2D eigenvalue weighted by Crippen LogP contribution is 2.69. The molecule has 0 aliphatic heterocycles. The second-order valence-corrected chi connectivity index (χ2v) is 13.7. The fraction of sp³-hybridized carbons (Fsp3) is 0.750. The van der Waals surface area contributed by atoms with Crippen molar-refractivity contribution < 1.29 is 19.4 Å². The summed E-state index contributed by atoms with van der Waals surface area (Å²) in [6.07, 6.45) is 13.1. The summed E-state index contributed by atoms with van der Waals surface area (Å²) in [5.41, 5.74) is 0.758. The quantitative estimate of drug-likeness (QED) is 0.480. The van der Waals surface area contributed by atoms with Crippen LogP contribution in [-0.2, 0) is 16.1 Å². The van der Waals surface area contributed by atoms with E-state index in [9.17, 15) is 9.90 Å². The van der Waals surface area contributed by atoms with Crippen LogP contribution >= 0.6 is 0 Å². The molecule has 1 aromatic heterocycles. The Morgan fingerprint density at radius 2 is 1.92 bits per heavy atom. The number of ketones is 1. The molecule has 0 bridgehead atoms. The number of hydrogen-bond donors (Lipinski definition) is 1. The second-order valence-electron chi connectivity index (χ2n) is 13.7. The smallest absolute Gasteiger partial charge is 0.157 e. The minimum absolute atomic E-state index is 0.0868. The van der Waals surface area contributed by atoms with Crippen LogP contribution in [-0.4, -0.2) is 47.1 Å². The van der Waals surface area contributed by atoms with Crippen molar-refractivity contribution in [3.05, 3.63) is 24.4 Å². The summed E-state index contributed by atoms with van der Waals surface area (Å²) in [7, 11) is 3.50. The Morgan fingerprint density at radius 1 is 1.08 bits per heavy atom. The highest BCUT2D eigenvalue weighted by molar-refractivity contribution is 5.84. The number of Topliss-reactive ketones (excluding diaryl/α,β-unsaturated/α-hetero) is 1. The van der Waals surface area contributed by atoms with Gasteiger partial charge in [-0.05, 0) is 124 Å². The standard InChI is InChI=1S/C32H46N2O4/c1-30(36)13-14-32(15-16-37-3)22(18-30)5-7-24-25-8-9-27(31(25,2)12-11-26(24)32)29(35)20-34-19-21-17-23(38-4)6-10-28(21)33-34/h6,10,17,19,22,24-27,36H,5,7-9,11-16,18,20H2,1-4H3/t22-,24-,25-,26-,27+,30+,31-,32+/m0/s1. The maximum atomic E-state index is 13.8. The predicted molar refractivity (Wildman–Crippen MR) is 148 cm³/mol. The van der Waals surface area contributed by atoms with Crippen LogP contribution in [0, 0.1) is 40.4 Å². The zero-order valence-electron chi connectivity index (χ0n) is 23.7. The minimum atomic E-state index is -0.523. The van der Waals surface area contributed by atoms with Crippen LogP contribution < -0.4 is 4.74 Å². The Balaban J connectivity index is 1.21. The summed E-state index contributed by atoms with van der Waals surface area (Å²) in [6, 6.07) is 5.87. The van der Waals surface area contributed by atoms with Gasteiger partial charge in [-0.15, -0.1) is 0 Å². The molecule has 4 aliphatic carbocycles. The lowest BCUT2D eigenvalue weighted by Gasteiger charge is -2.63. The second kappa shape index (κ2) is 9.62. The SMILES string of the molecule is COCC[C@]12CC[C@@](C)(O)C[C@@H]1CC[C@H]1[C@@H]3CC[C@H](C(=O)Cn4cc5cc(OC)ccc5n4)[C@@]3(C)CC[C@@H]12. The molecule has 8 atom stereocenters. The van der Waals surface area contributed by atoms with E-state index >= 15 is 0 Å². The van der Waals surface area contributed by atoms with Crippen LogP contribution in [0.25, 0.3) is 10.9 Å². The molecule has 4 fully saturated rings. The molecule has 4 aliphatic rings. The minimum Gasteiger partial charge on any atom is -0.497 e.